The van der Waals surface area contributed by atoms with E-state index in [1.165, 1.54) is 38.5 Å². The number of ether oxygens (including phenoxy) is 2. The summed E-state index contributed by atoms with van der Waals surface area (Å²) in [5.41, 5.74) is 2.15. The molecule has 0 aliphatic heterocycles. The molecular formula is C28H39IN2O3. The Balaban J connectivity index is 0.00000408. The van der Waals surface area contributed by atoms with Crippen molar-refractivity contribution in [3.05, 3.63) is 54.4 Å². The molecule has 1 heterocycles. The smallest absolute Gasteiger partial charge is 0.296 e. The third-order valence-corrected chi connectivity index (χ3v) is 6.30. The molecule has 0 N–H and O–H groups in total. The van der Waals surface area contributed by atoms with Crippen molar-refractivity contribution >= 4 is 16.8 Å². The highest BCUT2D eigenvalue weighted by atomic mass is 127. The lowest BCUT2D eigenvalue weighted by Crippen LogP contribution is -3.00. The molecule has 186 valence electrons. The van der Waals surface area contributed by atoms with Crippen LogP contribution >= 0.6 is 0 Å². The summed E-state index contributed by atoms with van der Waals surface area (Å²) in [6.45, 7) is 2.98. The van der Waals surface area contributed by atoms with Crippen molar-refractivity contribution in [3.8, 4) is 11.5 Å². The number of methoxy groups -OCH3 is 1. The highest BCUT2D eigenvalue weighted by Gasteiger charge is 2.25. The van der Waals surface area contributed by atoms with Crippen LogP contribution < -0.4 is 38.0 Å². The Hall–Kier alpha value is -2.09. The molecule has 0 radical (unpaired) electrons. The first-order valence-corrected chi connectivity index (χ1v) is 12.4. The summed E-state index contributed by atoms with van der Waals surface area (Å²) < 4.78 is 15.8. The molecule has 0 atom stereocenters. The molecular weight excluding hydrogens is 539 g/mol. The highest BCUT2D eigenvalue weighted by molar-refractivity contribution is 5.81. The van der Waals surface area contributed by atoms with Crippen LogP contribution in [0.4, 0.5) is 0 Å². The van der Waals surface area contributed by atoms with Crippen molar-refractivity contribution in [1.29, 1.82) is 0 Å². The Morgan fingerprint density at radius 1 is 0.882 bits per heavy atom. The van der Waals surface area contributed by atoms with Gasteiger partial charge >= 0.3 is 0 Å². The Bertz CT molecular complexity index is 1030. The van der Waals surface area contributed by atoms with Crippen molar-refractivity contribution in [2.45, 2.75) is 77.9 Å². The van der Waals surface area contributed by atoms with E-state index in [1.807, 2.05) is 43.4 Å². The SMILES string of the molecule is CCCCCCCCCCC(=O)Cn1c(COc2ccccc2OC)[n+](C)c2ccccc21.[I-]. The Morgan fingerprint density at radius 2 is 1.50 bits per heavy atom. The molecule has 0 bridgehead atoms. The Labute approximate surface area is 221 Å². The van der Waals surface area contributed by atoms with E-state index < -0.39 is 0 Å². The van der Waals surface area contributed by atoms with Gasteiger partial charge in [0.25, 0.3) is 5.82 Å². The standard InChI is InChI=1S/C28H39N2O3.HI/c1-4-5-6-7-8-9-10-11-16-23(31)21-30-25-18-13-12-17-24(25)29(2)28(30)22-33-27-20-15-14-19-26(27)32-3;/h12-15,17-20H,4-11,16,21-22H2,1-3H3;1H/q+1;/p-1. The summed E-state index contributed by atoms with van der Waals surface area (Å²) in [7, 11) is 3.67. The van der Waals surface area contributed by atoms with Crippen LogP contribution in [0, 0.1) is 0 Å². The second-order valence-corrected chi connectivity index (χ2v) is 8.75. The summed E-state index contributed by atoms with van der Waals surface area (Å²) in [6, 6.07) is 15.9. The number of ketones is 1. The molecule has 3 aromatic rings. The number of para-hydroxylation sites is 4. The minimum Gasteiger partial charge on any atom is -1.00 e. The number of halogens is 1. The van der Waals surface area contributed by atoms with E-state index in [-0.39, 0.29) is 29.8 Å². The number of benzene rings is 2. The van der Waals surface area contributed by atoms with Gasteiger partial charge in [0.1, 0.15) is 6.54 Å². The number of nitrogens with zero attached hydrogens (tertiary/aromatic N) is 2. The molecule has 0 aliphatic carbocycles. The second-order valence-electron chi connectivity index (χ2n) is 8.75. The molecule has 6 heteroatoms. The Morgan fingerprint density at radius 3 is 2.21 bits per heavy atom. The molecule has 3 rings (SSSR count). The number of aromatic nitrogens is 2. The zero-order valence-corrected chi connectivity index (χ0v) is 23.1. The first-order chi connectivity index (χ1) is 16.2. The summed E-state index contributed by atoms with van der Waals surface area (Å²) in [5.74, 6) is 2.64. The third-order valence-electron chi connectivity index (χ3n) is 6.30. The lowest BCUT2D eigenvalue weighted by Gasteiger charge is -2.10. The zero-order chi connectivity index (χ0) is 23.5. The summed E-state index contributed by atoms with van der Waals surface area (Å²) in [6.07, 6.45) is 10.6. The topological polar surface area (TPSA) is 44.3 Å². The number of carbonyl (C=O) groups excluding carboxylic acids is 1. The number of hydrogen-bond acceptors (Lipinski definition) is 3. The van der Waals surface area contributed by atoms with Gasteiger partial charge in [-0.1, -0.05) is 76.1 Å². The molecule has 0 spiro atoms. The van der Waals surface area contributed by atoms with Gasteiger partial charge in [-0.05, 0) is 30.7 Å². The van der Waals surface area contributed by atoms with Gasteiger partial charge in [-0.3, -0.25) is 4.79 Å². The van der Waals surface area contributed by atoms with E-state index in [9.17, 15) is 4.79 Å². The van der Waals surface area contributed by atoms with Gasteiger partial charge in [0, 0.05) is 6.42 Å². The van der Waals surface area contributed by atoms with Crippen LogP contribution in [0.3, 0.4) is 0 Å². The second kappa shape index (κ2) is 15.0. The maximum absolute atomic E-state index is 12.9. The maximum atomic E-state index is 12.9. The van der Waals surface area contributed by atoms with Gasteiger partial charge in [0.05, 0.1) is 14.2 Å². The average molecular weight is 579 g/mol. The molecule has 5 nitrogen and oxygen atoms in total. The lowest BCUT2D eigenvalue weighted by atomic mass is 10.1. The van der Waals surface area contributed by atoms with Crippen LogP contribution in [0.15, 0.2) is 48.5 Å². The fourth-order valence-electron chi connectivity index (χ4n) is 4.38. The van der Waals surface area contributed by atoms with Crippen LogP contribution in [-0.4, -0.2) is 17.5 Å². The zero-order valence-electron chi connectivity index (χ0n) is 20.9. The third kappa shape index (κ3) is 7.72. The predicted octanol–water partition coefficient (Wildman–Crippen LogP) is 3.16. The normalized spacial score (nSPS) is 10.8. The van der Waals surface area contributed by atoms with E-state index >= 15 is 0 Å². The maximum Gasteiger partial charge on any atom is 0.296 e. The van der Waals surface area contributed by atoms with Crippen molar-refractivity contribution in [3.63, 3.8) is 0 Å². The van der Waals surface area contributed by atoms with Crippen LogP contribution in [-0.2, 0) is 25.0 Å². The fourth-order valence-corrected chi connectivity index (χ4v) is 4.38. The number of aryl methyl sites for hydroxylation is 1. The van der Waals surface area contributed by atoms with Crippen LogP contribution in [0.2, 0.25) is 0 Å². The van der Waals surface area contributed by atoms with Gasteiger partial charge in [0.2, 0.25) is 0 Å². The van der Waals surface area contributed by atoms with Crippen LogP contribution in [0.1, 0.15) is 70.5 Å². The van der Waals surface area contributed by atoms with E-state index in [0.29, 0.717) is 31.1 Å². The molecule has 0 aliphatic rings. The van der Waals surface area contributed by atoms with Crippen molar-refractivity contribution < 1.29 is 42.8 Å². The van der Waals surface area contributed by atoms with Crippen molar-refractivity contribution in [2.24, 2.45) is 7.05 Å². The Kier molecular flexibility index (Phi) is 12.4. The van der Waals surface area contributed by atoms with E-state index in [2.05, 4.69) is 28.2 Å². The highest BCUT2D eigenvalue weighted by Crippen LogP contribution is 2.27. The largest absolute Gasteiger partial charge is 1.00 e. The van der Waals surface area contributed by atoms with E-state index in [0.717, 1.165) is 29.7 Å². The average Bonchev–Trinajstić information content (AvgIpc) is 3.10. The minimum absolute atomic E-state index is 0. The molecule has 0 unspecified atom stereocenters. The molecule has 0 saturated carbocycles. The van der Waals surface area contributed by atoms with Gasteiger partial charge in [-0.15, -0.1) is 0 Å². The first kappa shape index (κ1) is 28.1. The molecule has 0 saturated heterocycles. The quantitative estimate of drug-likeness (QED) is 0.158. The van der Waals surface area contributed by atoms with Crippen LogP contribution in [0.25, 0.3) is 11.0 Å². The first-order valence-electron chi connectivity index (χ1n) is 12.4. The number of rotatable bonds is 15. The number of hydrogen-bond donors (Lipinski definition) is 0. The van der Waals surface area contributed by atoms with E-state index in [4.69, 9.17) is 9.47 Å². The molecule has 2 aromatic carbocycles. The molecule has 1 aromatic heterocycles. The summed E-state index contributed by atoms with van der Waals surface area (Å²) in [5, 5.41) is 0. The van der Waals surface area contributed by atoms with Crippen molar-refractivity contribution in [2.75, 3.05) is 7.11 Å². The van der Waals surface area contributed by atoms with Gasteiger partial charge in [-0.2, -0.15) is 0 Å². The fraction of sp³-hybridized carbons (Fsp3) is 0.500. The number of imidazole rings is 1. The number of Topliss-reactive ketones (excluding diaryl/α,β-unsaturated/α-hetero) is 1. The molecule has 0 amide bonds. The van der Waals surface area contributed by atoms with Gasteiger partial charge in [0.15, 0.2) is 34.9 Å². The summed E-state index contributed by atoms with van der Waals surface area (Å²) in [4.78, 5) is 12.9. The number of carbonyl (C=O) groups is 1. The minimum atomic E-state index is 0. The van der Waals surface area contributed by atoms with Gasteiger partial charge < -0.3 is 33.5 Å². The molecule has 0 fully saturated rings. The number of fused-ring (bicyclic) bond motifs is 1. The molecule has 34 heavy (non-hydrogen) atoms. The van der Waals surface area contributed by atoms with Crippen LogP contribution in [0.5, 0.6) is 11.5 Å². The van der Waals surface area contributed by atoms with Gasteiger partial charge in [-0.25, -0.2) is 9.13 Å². The monoisotopic (exact) mass is 578 g/mol. The summed E-state index contributed by atoms with van der Waals surface area (Å²) >= 11 is 0. The number of unbranched alkanes of at least 4 members (excludes halogenated alkanes) is 7. The lowest BCUT2D eigenvalue weighted by molar-refractivity contribution is -0.655. The van der Waals surface area contributed by atoms with Crippen molar-refractivity contribution in [1.82, 2.24) is 4.57 Å². The predicted molar refractivity (Wildman–Crippen MR) is 133 cm³/mol. The van der Waals surface area contributed by atoms with E-state index in [1.54, 1.807) is 7.11 Å².